The number of esters is 1. The van der Waals surface area contributed by atoms with Gasteiger partial charge in [0.1, 0.15) is 6.04 Å². The highest BCUT2D eigenvalue weighted by Gasteiger charge is 2.23. The molecule has 0 aliphatic rings. The summed E-state index contributed by atoms with van der Waals surface area (Å²) in [4.78, 5) is 44.0. The first-order chi connectivity index (χ1) is 12.4. The van der Waals surface area contributed by atoms with Crippen molar-refractivity contribution in [3.05, 3.63) is 16.9 Å². The number of ether oxygens (including phenoxy) is 1. The zero-order chi connectivity index (χ0) is 19.5. The van der Waals surface area contributed by atoms with Crippen LogP contribution in [0.1, 0.15) is 23.3 Å². The summed E-state index contributed by atoms with van der Waals surface area (Å²) < 4.78 is 4.52. The molecule has 1 aromatic heterocycles. The maximum Gasteiger partial charge on any atom is 0.307 e. The predicted octanol–water partition coefficient (Wildman–Crippen LogP) is 1.38. The van der Waals surface area contributed by atoms with E-state index >= 15 is 0 Å². The second-order valence-corrected chi connectivity index (χ2v) is 7.14. The number of hydrogen-bond donors (Lipinski definition) is 2. The summed E-state index contributed by atoms with van der Waals surface area (Å²) in [5.74, 6) is -0.691. The summed E-state index contributed by atoms with van der Waals surface area (Å²) in [5.41, 5.74) is 0.0162. The molecule has 0 aromatic carbocycles. The maximum atomic E-state index is 12.5. The summed E-state index contributed by atoms with van der Waals surface area (Å²) in [5, 5.41) is 5.78. The topological polar surface area (TPSA) is 110 Å². The molecule has 144 valence electrons. The van der Waals surface area contributed by atoms with Crippen LogP contribution < -0.4 is 10.6 Å². The first-order valence-electron chi connectivity index (χ1n) is 7.63. The fraction of sp³-hybridized carbons (Fsp3) is 0.533. The van der Waals surface area contributed by atoms with Gasteiger partial charge in [-0.25, -0.2) is 9.97 Å². The van der Waals surface area contributed by atoms with Crippen LogP contribution in [0.2, 0.25) is 5.02 Å². The summed E-state index contributed by atoms with van der Waals surface area (Å²) in [7, 11) is 1.28. The van der Waals surface area contributed by atoms with E-state index in [1.807, 2.05) is 6.26 Å². The summed E-state index contributed by atoms with van der Waals surface area (Å²) in [6.07, 6.45) is 5.51. The van der Waals surface area contributed by atoms with Crippen molar-refractivity contribution in [1.29, 1.82) is 0 Å². The predicted molar refractivity (Wildman–Crippen MR) is 103 cm³/mol. The number of nitrogens with one attached hydrogen (secondary N) is 2. The van der Waals surface area contributed by atoms with Crippen LogP contribution in [0.4, 0.5) is 0 Å². The van der Waals surface area contributed by atoms with Crippen LogP contribution >= 0.6 is 35.1 Å². The van der Waals surface area contributed by atoms with Crippen molar-refractivity contribution in [3.8, 4) is 0 Å². The molecule has 1 heterocycles. The second-order valence-electron chi connectivity index (χ2n) is 4.98. The lowest BCUT2D eigenvalue weighted by Crippen LogP contribution is -2.47. The fourth-order valence-electron chi connectivity index (χ4n) is 1.85. The molecule has 11 heteroatoms. The van der Waals surface area contributed by atoms with E-state index in [2.05, 4.69) is 25.3 Å². The third-order valence-corrected chi connectivity index (χ3v) is 4.69. The van der Waals surface area contributed by atoms with Crippen molar-refractivity contribution in [2.75, 3.05) is 31.9 Å². The average Bonchev–Trinajstić information content (AvgIpc) is 2.64. The number of carbonyl (C=O) groups excluding carboxylic acids is 3. The Balaban J connectivity index is 2.78. The number of carbonyl (C=O) groups is 3. The second kappa shape index (κ2) is 12.0. The Labute approximate surface area is 165 Å². The van der Waals surface area contributed by atoms with Gasteiger partial charge in [-0.1, -0.05) is 23.4 Å². The number of methoxy groups -OCH3 is 1. The largest absolute Gasteiger partial charge is 0.469 e. The van der Waals surface area contributed by atoms with Crippen molar-refractivity contribution in [2.45, 2.75) is 24.0 Å². The molecule has 0 saturated heterocycles. The average molecular weight is 421 g/mol. The SMILES string of the molecule is COC(=O)CCNC(=O)[C@@H](CCSC)NC(=O)c1nc(SC)ncc1Cl. The molecule has 0 unspecified atom stereocenters. The number of thioether (sulfide) groups is 2. The molecule has 0 bridgehead atoms. The van der Waals surface area contributed by atoms with Crippen molar-refractivity contribution in [1.82, 2.24) is 20.6 Å². The molecular weight excluding hydrogens is 400 g/mol. The highest BCUT2D eigenvalue weighted by atomic mass is 35.5. The molecule has 26 heavy (non-hydrogen) atoms. The van der Waals surface area contributed by atoms with E-state index in [9.17, 15) is 14.4 Å². The quantitative estimate of drug-likeness (QED) is 0.332. The van der Waals surface area contributed by atoms with Crippen LogP contribution in [0.25, 0.3) is 0 Å². The van der Waals surface area contributed by atoms with E-state index in [0.29, 0.717) is 17.3 Å². The first kappa shape index (κ1) is 22.5. The normalized spacial score (nSPS) is 11.5. The van der Waals surface area contributed by atoms with Gasteiger partial charge in [0.2, 0.25) is 5.91 Å². The zero-order valence-corrected chi connectivity index (χ0v) is 17.1. The molecule has 1 rings (SSSR count). The lowest BCUT2D eigenvalue weighted by molar-refractivity contribution is -0.140. The lowest BCUT2D eigenvalue weighted by Gasteiger charge is -2.18. The third-order valence-electron chi connectivity index (χ3n) is 3.21. The van der Waals surface area contributed by atoms with Crippen LogP contribution in [0.5, 0.6) is 0 Å². The molecular formula is C15H21ClN4O4S2. The Hall–Kier alpha value is -1.52. The molecule has 2 amide bonds. The third kappa shape index (κ3) is 7.38. The number of rotatable bonds is 10. The van der Waals surface area contributed by atoms with Gasteiger partial charge in [-0.3, -0.25) is 14.4 Å². The van der Waals surface area contributed by atoms with Gasteiger partial charge < -0.3 is 15.4 Å². The van der Waals surface area contributed by atoms with Crippen LogP contribution in [0.3, 0.4) is 0 Å². The number of amides is 2. The fourth-order valence-corrected chi connectivity index (χ4v) is 2.84. The van der Waals surface area contributed by atoms with Gasteiger partial charge >= 0.3 is 5.97 Å². The standard InChI is InChI=1S/C15H21ClN4O4S2/c1-24-11(21)4-6-17-13(22)10(5-7-25-2)19-14(23)12-9(16)8-18-15(20-12)26-3/h8,10H,4-7H2,1-3H3,(H,17,22)(H,19,23)/t10-/m1/s1. The molecule has 0 fully saturated rings. The Bertz CT molecular complexity index is 648. The molecule has 1 atom stereocenters. The summed E-state index contributed by atoms with van der Waals surface area (Å²) >= 11 is 8.83. The highest BCUT2D eigenvalue weighted by Crippen LogP contribution is 2.16. The summed E-state index contributed by atoms with van der Waals surface area (Å²) in [6.45, 7) is 0.127. The first-order valence-corrected chi connectivity index (χ1v) is 10.6. The highest BCUT2D eigenvalue weighted by molar-refractivity contribution is 7.98. The minimum absolute atomic E-state index is 0.0162. The number of aromatic nitrogens is 2. The van der Waals surface area contributed by atoms with Gasteiger partial charge in [0.05, 0.1) is 24.8 Å². The van der Waals surface area contributed by atoms with Crippen LogP contribution in [0, 0.1) is 0 Å². The van der Waals surface area contributed by atoms with Crippen LogP contribution in [-0.2, 0) is 14.3 Å². The molecule has 2 N–H and O–H groups in total. The van der Waals surface area contributed by atoms with Gasteiger partial charge in [-0.2, -0.15) is 11.8 Å². The molecule has 0 aliphatic heterocycles. The van der Waals surface area contributed by atoms with E-state index < -0.39 is 17.9 Å². The molecule has 0 spiro atoms. The Morgan fingerprint density at radius 3 is 2.69 bits per heavy atom. The van der Waals surface area contributed by atoms with Gasteiger partial charge in [0.15, 0.2) is 10.9 Å². The van der Waals surface area contributed by atoms with E-state index in [0.717, 1.165) is 0 Å². The van der Waals surface area contributed by atoms with E-state index in [4.69, 9.17) is 11.6 Å². The molecule has 0 saturated carbocycles. The van der Waals surface area contributed by atoms with E-state index in [-0.39, 0.29) is 29.6 Å². The maximum absolute atomic E-state index is 12.5. The van der Waals surface area contributed by atoms with Gasteiger partial charge in [0.25, 0.3) is 5.91 Å². The van der Waals surface area contributed by atoms with Crippen molar-refractivity contribution in [3.63, 3.8) is 0 Å². The minimum atomic E-state index is -0.767. The van der Waals surface area contributed by atoms with E-state index in [1.165, 1.54) is 25.1 Å². The number of nitrogens with zero attached hydrogens (tertiary/aromatic N) is 2. The van der Waals surface area contributed by atoms with Gasteiger partial charge in [0, 0.05) is 6.54 Å². The van der Waals surface area contributed by atoms with E-state index in [1.54, 1.807) is 18.0 Å². The lowest BCUT2D eigenvalue weighted by atomic mass is 10.2. The van der Waals surface area contributed by atoms with Crippen LogP contribution in [-0.4, -0.2) is 65.7 Å². The number of hydrogen-bond acceptors (Lipinski definition) is 8. The van der Waals surface area contributed by atoms with Crippen molar-refractivity contribution < 1.29 is 19.1 Å². The van der Waals surface area contributed by atoms with Crippen molar-refractivity contribution >= 4 is 52.9 Å². The Kier molecular flexibility index (Phi) is 10.4. The monoisotopic (exact) mass is 420 g/mol. The van der Waals surface area contributed by atoms with Gasteiger partial charge in [-0.15, -0.1) is 0 Å². The smallest absolute Gasteiger partial charge is 0.307 e. The van der Waals surface area contributed by atoms with Crippen molar-refractivity contribution in [2.24, 2.45) is 0 Å². The molecule has 1 aromatic rings. The molecule has 0 radical (unpaired) electrons. The Morgan fingerprint density at radius 1 is 1.35 bits per heavy atom. The molecule has 0 aliphatic carbocycles. The van der Waals surface area contributed by atoms with Crippen LogP contribution in [0.15, 0.2) is 11.4 Å². The van der Waals surface area contributed by atoms with Gasteiger partial charge in [-0.05, 0) is 24.7 Å². The molecule has 8 nitrogen and oxygen atoms in total. The number of halogens is 1. The Morgan fingerprint density at radius 2 is 2.08 bits per heavy atom. The summed E-state index contributed by atoms with van der Waals surface area (Å²) in [6, 6.07) is -0.767. The zero-order valence-electron chi connectivity index (χ0n) is 14.7. The minimum Gasteiger partial charge on any atom is -0.469 e.